The van der Waals surface area contributed by atoms with Crippen molar-refractivity contribution >= 4 is 0 Å². The van der Waals surface area contributed by atoms with Gasteiger partial charge < -0.3 is 9.84 Å². The number of phenols is 1. The van der Waals surface area contributed by atoms with Crippen LogP contribution >= 0.6 is 0 Å². The minimum absolute atomic E-state index is 0.311. The molecule has 0 spiro atoms. The number of para-hydroxylation sites is 1. The maximum atomic E-state index is 13.5. The van der Waals surface area contributed by atoms with Crippen molar-refractivity contribution in [2.75, 3.05) is 6.61 Å². The van der Waals surface area contributed by atoms with Crippen LogP contribution in [-0.2, 0) is 0 Å². The molecule has 1 heterocycles. The molecule has 124 valence electrons. The van der Waals surface area contributed by atoms with Crippen LogP contribution in [0, 0.1) is 5.82 Å². The number of hydrogen-bond acceptors (Lipinski definition) is 4. The third-order valence-corrected chi connectivity index (χ3v) is 3.68. The molecule has 1 N–H and O–H groups in total. The molecule has 1 aromatic carbocycles. The van der Waals surface area contributed by atoms with Crippen LogP contribution in [-0.4, -0.2) is 21.7 Å². The largest absolute Gasteiger partial charge is 0.504 e. The number of ether oxygens (including phenoxy) is 1. The summed E-state index contributed by atoms with van der Waals surface area (Å²) in [6.45, 7) is 2.75. The highest BCUT2D eigenvalue weighted by atomic mass is 19.1. The fraction of sp³-hybridized carbons (Fsp3) is 0.444. The van der Waals surface area contributed by atoms with E-state index in [1.54, 1.807) is 12.3 Å². The topological polar surface area (TPSA) is 55.2 Å². The second-order valence-electron chi connectivity index (χ2n) is 5.49. The molecule has 0 saturated carbocycles. The van der Waals surface area contributed by atoms with Gasteiger partial charge in [0.05, 0.1) is 12.8 Å². The summed E-state index contributed by atoms with van der Waals surface area (Å²) >= 11 is 0. The number of hydrogen-bond donors (Lipinski definition) is 1. The van der Waals surface area contributed by atoms with Gasteiger partial charge in [-0.25, -0.2) is 14.4 Å². The van der Waals surface area contributed by atoms with Crippen LogP contribution in [0.15, 0.2) is 30.7 Å². The molecule has 0 atom stereocenters. The number of phenolic OH excluding ortho intramolecular Hbond substituents is 1. The first-order chi connectivity index (χ1) is 11.2. The smallest absolute Gasteiger partial charge is 0.165 e. The zero-order valence-electron chi connectivity index (χ0n) is 13.5. The van der Waals surface area contributed by atoms with E-state index in [1.807, 2.05) is 0 Å². The second-order valence-corrected chi connectivity index (χ2v) is 5.49. The lowest BCUT2D eigenvalue weighted by Crippen LogP contribution is -2.01. The summed E-state index contributed by atoms with van der Waals surface area (Å²) in [5.74, 6) is -0.638. The van der Waals surface area contributed by atoms with Gasteiger partial charge in [-0.2, -0.15) is 0 Å². The Morgan fingerprint density at radius 2 is 1.91 bits per heavy atom. The molecule has 0 aliphatic carbocycles. The molecule has 4 nitrogen and oxygen atoms in total. The van der Waals surface area contributed by atoms with E-state index in [1.165, 1.54) is 44.1 Å². The van der Waals surface area contributed by atoms with Gasteiger partial charge in [0.2, 0.25) is 0 Å². The summed E-state index contributed by atoms with van der Waals surface area (Å²) in [5.41, 5.74) is 0.716. The highest BCUT2D eigenvalue weighted by molar-refractivity contribution is 5.71. The molecule has 2 rings (SSSR count). The minimum Gasteiger partial charge on any atom is -0.504 e. The highest BCUT2D eigenvalue weighted by Gasteiger charge is 2.14. The number of rotatable bonds is 9. The maximum absolute atomic E-state index is 13.5. The Bertz CT molecular complexity index is 620. The van der Waals surface area contributed by atoms with Crippen LogP contribution in [0.1, 0.15) is 45.4 Å². The molecule has 0 aliphatic heterocycles. The fourth-order valence-corrected chi connectivity index (χ4v) is 2.40. The summed E-state index contributed by atoms with van der Waals surface area (Å²) < 4.78 is 19.3. The molecule has 1 aromatic heterocycles. The average Bonchev–Trinajstić information content (AvgIpc) is 2.57. The van der Waals surface area contributed by atoms with E-state index in [0.29, 0.717) is 23.6 Å². The quantitative estimate of drug-likeness (QED) is 0.679. The van der Waals surface area contributed by atoms with Crippen LogP contribution in [0.5, 0.6) is 11.5 Å². The molecule has 23 heavy (non-hydrogen) atoms. The molecule has 0 saturated heterocycles. The van der Waals surface area contributed by atoms with E-state index >= 15 is 0 Å². The second kappa shape index (κ2) is 9.08. The van der Waals surface area contributed by atoms with Crippen LogP contribution in [0.4, 0.5) is 4.39 Å². The highest BCUT2D eigenvalue weighted by Crippen LogP contribution is 2.34. The molecule has 0 bridgehead atoms. The SMILES string of the molecule is CCCCCCCCOc1cncnc1-c1cccc(F)c1O. The Labute approximate surface area is 136 Å². The number of benzene rings is 1. The van der Waals surface area contributed by atoms with Gasteiger partial charge in [-0.3, -0.25) is 0 Å². The molecule has 0 radical (unpaired) electrons. The van der Waals surface area contributed by atoms with E-state index in [0.717, 1.165) is 12.8 Å². The van der Waals surface area contributed by atoms with Gasteiger partial charge in [-0.15, -0.1) is 0 Å². The monoisotopic (exact) mass is 318 g/mol. The Morgan fingerprint density at radius 1 is 1.13 bits per heavy atom. The van der Waals surface area contributed by atoms with Gasteiger partial charge in [-0.05, 0) is 18.6 Å². The summed E-state index contributed by atoms with van der Waals surface area (Å²) in [5, 5.41) is 9.88. The summed E-state index contributed by atoms with van der Waals surface area (Å²) in [6, 6.07) is 4.35. The van der Waals surface area contributed by atoms with E-state index in [2.05, 4.69) is 16.9 Å². The predicted molar refractivity (Wildman–Crippen MR) is 88.0 cm³/mol. The van der Waals surface area contributed by atoms with E-state index < -0.39 is 11.6 Å². The van der Waals surface area contributed by atoms with Gasteiger partial charge >= 0.3 is 0 Å². The van der Waals surface area contributed by atoms with Gasteiger partial charge in [0.25, 0.3) is 0 Å². The third-order valence-electron chi connectivity index (χ3n) is 3.68. The zero-order chi connectivity index (χ0) is 16.5. The van der Waals surface area contributed by atoms with Crippen molar-refractivity contribution in [2.45, 2.75) is 45.4 Å². The van der Waals surface area contributed by atoms with Crippen LogP contribution in [0.2, 0.25) is 0 Å². The number of aromatic nitrogens is 2. The molecular formula is C18H23FN2O2. The Kier molecular flexibility index (Phi) is 6.78. The molecule has 0 aliphatic rings. The number of aromatic hydroxyl groups is 1. The molecule has 0 unspecified atom stereocenters. The molecule has 2 aromatic rings. The fourth-order valence-electron chi connectivity index (χ4n) is 2.40. The normalized spacial score (nSPS) is 10.7. The standard InChI is InChI=1S/C18H23FN2O2/c1-2-3-4-5-6-7-11-23-16-12-20-13-21-17(16)14-9-8-10-15(19)18(14)22/h8-10,12-13,22H,2-7,11H2,1H3. The van der Waals surface area contributed by atoms with Crippen LogP contribution < -0.4 is 4.74 Å². The summed E-state index contributed by atoms with van der Waals surface area (Å²) in [6.07, 6.45) is 9.95. The van der Waals surface area contributed by atoms with Gasteiger partial charge in [-0.1, -0.05) is 45.1 Å². The molecular weight excluding hydrogens is 295 g/mol. The maximum Gasteiger partial charge on any atom is 0.165 e. The van der Waals surface area contributed by atoms with E-state index in [4.69, 9.17) is 4.74 Å². The number of halogens is 1. The first-order valence-electron chi connectivity index (χ1n) is 8.14. The van der Waals surface area contributed by atoms with E-state index in [9.17, 15) is 9.50 Å². The van der Waals surface area contributed by atoms with E-state index in [-0.39, 0.29) is 0 Å². The number of nitrogens with zero attached hydrogens (tertiary/aromatic N) is 2. The number of unbranched alkanes of at least 4 members (excludes halogenated alkanes) is 5. The summed E-state index contributed by atoms with van der Waals surface area (Å²) in [7, 11) is 0. The van der Waals surface area contributed by atoms with Crippen molar-refractivity contribution in [3.05, 3.63) is 36.5 Å². The van der Waals surface area contributed by atoms with Gasteiger partial charge in [0.1, 0.15) is 12.0 Å². The molecule has 0 amide bonds. The summed E-state index contributed by atoms with van der Waals surface area (Å²) in [4.78, 5) is 8.08. The van der Waals surface area contributed by atoms with Crippen molar-refractivity contribution < 1.29 is 14.2 Å². The predicted octanol–water partition coefficient (Wildman–Crippen LogP) is 4.73. The molecule has 5 heteroatoms. The Balaban J connectivity index is 1.97. The Morgan fingerprint density at radius 3 is 2.74 bits per heavy atom. The first-order valence-corrected chi connectivity index (χ1v) is 8.14. The van der Waals surface area contributed by atoms with Gasteiger partial charge in [0, 0.05) is 5.56 Å². The van der Waals surface area contributed by atoms with Crippen molar-refractivity contribution in [1.29, 1.82) is 0 Å². The first kappa shape index (κ1) is 17.2. The minimum atomic E-state index is -0.678. The van der Waals surface area contributed by atoms with Crippen molar-refractivity contribution in [3.8, 4) is 22.8 Å². The Hall–Kier alpha value is -2.17. The van der Waals surface area contributed by atoms with Crippen molar-refractivity contribution in [2.24, 2.45) is 0 Å². The van der Waals surface area contributed by atoms with Gasteiger partial charge in [0.15, 0.2) is 17.3 Å². The van der Waals surface area contributed by atoms with Crippen molar-refractivity contribution in [3.63, 3.8) is 0 Å². The lowest BCUT2D eigenvalue weighted by atomic mass is 10.1. The molecule has 0 fully saturated rings. The lowest BCUT2D eigenvalue weighted by Gasteiger charge is -2.11. The van der Waals surface area contributed by atoms with Crippen LogP contribution in [0.3, 0.4) is 0 Å². The third kappa shape index (κ3) is 4.91. The lowest BCUT2D eigenvalue weighted by molar-refractivity contribution is 0.303. The zero-order valence-corrected chi connectivity index (χ0v) is 13.5. The van der Waals surface area contributed by atoms with Crippen molar-refractivity contribution in [1.82, 2.24) is 9.97 Å². The average molecular weight is 318 g/mol. The van der Waals surface area contributed by atoms with Crippen LogP contribution in [0.25, 0.3) is 11.3 Å².